The van der Waals surface area contributed by atoms with Gasteiger partial charge < -0.3 is 16.2 Å². The molecule has 0 aliphatic rings. The van der Waals surface area contributed by atoms with Crippen LogP contribution >= 0.6 is 0 Å². The third-order valence-corrected chi connectivity index (χ3v) is 2.76. The van der Waals surface area contributed by atoms with Crippen molar-refractivity contribution in [1.82, 2.24) is 4.98 Å². The lowest BCUT2D eigenvalue weighted by atomic mass is 10.1. The number of anilines is 2. The quantitative estimate of drug-likeness (QED) is 0.731. The SMILES string of the molecule is Cc1ccc(CNc2cc(C(=O)O)ccc2N)cn1. The Morgan fingerprint density at radius 3 is 2.79 bits per heavy atom. The summed E-state index contributed by atoms with van der Waals surface area (Å²) in [6.45, 7) is 2.46. The summed E-state index contributed by atoms with van der Waals surface area (Å²) in [5, 5.41) is 12.1. The van der Waals surface area contributed by atoms with Gasteiger partial charge in [-0.1, -0.05) is 6.07 Å². The van der Waals surface area contributed by atoms with Gasteiger partial charge in [-0.2, -0.15) is 0 Å². The third kappa shape index (κ3) is 3.22. The summed E-state index contributed by atoms with van der Waals surface area (Å²) in [5.41, 5.74) is 9.10. The van der Waals surface area contributed by atoms with Gasteiger partial charge in [0.25, 0.3) is 0 Å². The number of nitrogens with one attached hydrogen (secondary N) is 1. The summed E-state index contributed by atoms with van der Waals surface area (Å²) in [4.78, 5) is 15.1. The lowest BCUT2D eigenvalue weighted by Gasteiger charge is -2.10. The molecule has 19 heavy (non-hydrogen) atoms. The summed E-state index contributed by atoms with van der Waals surface area (Å²) in [6, 6.07) is 8.48. The molecule has 0 fully saturated rings. The molecule has 1 aromatic heterocycles. The van der Waals surface area contributed by atoms with E-state index in [9.17, 15) is 4.79 Å². The predicted molar refractivity (Wildman–Crippen MR) is 74.1 cm³/mol. The number of benzene rings is 1. The van der Waals surface area contributed by atoms with Crippen molar-refractivity contribution in [2.45, 2.75) is 13.5 Å². The van der Waals surface area contributed by atoms with Gasteiger partial charge >= 0.3 is 5.97 Å². The van der Waals surface area contributed by atoms with Crippen molar-refractivity contribution in [2.24, 2.45) is 0 Å². The van der Waals surface area contributed by atoms with Gasteiger partial charge in [-0.05, 0) is 36.8 Å². The highest BCUT2D eigenvalue weighted by atomic mass is 16.4. The number of nitrogens with zero attached hydrogens (tertiary/aromatic N) is 1. The Hall–Kier alpha value is -2.56. The highest BCUT2D eigenvalue weighted by Crippen LogP contribution is 2.20. The first-order valence-electron chi connectivity index (χ1n) is 5.84. The number of nitrogen functional groups attached to an aromatic ring is 1. The van der Waals surface area contributed by atoms with Gasteiger partial charge in [0.1, 0.15) is 0 Å². The molecule has 98 valence electrons. The topological polar surface area (TPSA) is 88.2 Å². The molecule has 0 saturated heterocycles. The Morgan fingerprint density at radius 2 is 2.16 bits per heavy atom. The van der Waals surface area contributed by atoms with E-state index in [0.717, 1.165) is 11.3 Å². The molecule has 0 unspecified atom stereocenters. The lowest BCUT2D eigenvalue weighted by molar-refractivity contribution is 0.0697. The van der Waals surface area contributed by atoms with Crippen LogP contribution in [0, 0.1) is 6.92 Å². The first kappa shape index (κ1) is 12.9. The van der Waals surface area contributed by atoms with E-state index in [4.69, 9.17) is 10.8 Å². The average molecular weight is 257 g/mol. The Balaban J connectivity index is 2.12. The fourth-order valence-electron chi connectivity index (χ4n) is 1.64. The van der Waals surface area contributed by atoms with Gasteiger partial charge in [0, 0.05) is 18.4 Å². The number of hydrogen-bond donors (Lipinski definition) is 3. The van der Waals surface area contributed by atoms with E-state index >= 15 is 0 Å². The summed E-state index contributed by atoms with van der Waals surface area (Å²) in [7, 11) is 0. The van der Waals surface area contributed by atoms with Crippen molar-refractivity contribution in [3.8, 4) is 0 Å². The van der Waals surface area contributed by atoms with Crippen LogP contribution in [-0.4, -0.2) is 16.1 Å². The predicted octanol–water partition coefficient (Wildman–Crippen LogP) is 2.28. The molecule has 5 nitrogen and oxygen atoms in total. The standard InChI is InChI=1S/C14H15N3O2/c1-9-2-3-10(7-16-9)8-17-13-6-11(14(18)19)4-5-12(13)15/h2-7,17H,8,15H2,1H3,(H,18,19). The molecule has 0 bridgehead atoms. The number of carboxylic acid groups (broad SMARTS) is 1. The molecule has 0 radical (unpaired) electrons. The largest absolute Gasteiger partial charge is 0.478 e. The van der Waals surface area contributed by atoms with Crippen LogP contribution in [0.25, 0.3) is 0 Å². The van der Waals surface area contributed by atoms with Crippen LogP contribution in [0.15, 0.2) is 36.5 Å². The molecule has 4 N–H and O–H groups in total. The van der Waals surface area contributed by atoms with Crippen molar-refractivity contribution in [3.05, 3.63) is 53.3 Å². The maximum absolute atomic E-state index is 10.9. The number of carbonyl (C=O) groups is 1. The molecular formula is C14H15N3O2. The van der Waals surface area contributed by atoms with Crippen molar-refractivity contribution in [1.29, 1.82) is 0 Å². The molecule has 0 aliphatic carbocycles. The summed E-state index contributed by atoms with van der Waals surface area (Å²) in [6.07, 6.45) is 1.78. The Morgan fingerprint density at radius 1 is 1.37 bits per heavy atom. The number of aromatic nitrogens is 1. The Labute approximate surface area is 111 Å². The molecule has 2 rings (SSSR count). The van der Waals surface area contributed by atoms with E-state index in [0.29, 0.717) is 17.9 Å². The van der Waals surface area contributed by atoms with Crippen LogP contribution in [-0.2, 0) is 6.54 Å². The number of pyridine rings is 1. The fraction of sp³-hybridized carbons (Fsp3) is 0.143. The van der Waals surface area contributed by atoms with Crippen LogP contribution in [0.5, 0.6) is 0 Å². The normalized spacial score (nSPS) is 10.2. The molecule has 1 heterocycles. The molecule has 0 amide bonds. The first-order valence-corrected chi connectivity index (χ1v) is 5.84. The summed E-state index contributed by atoms with van der Waals surface area (Å²) < 4.78 is 0. The molecule has 1 aromatic carbocycles. The van der Waals surface area contributed by atoms with Gasteiger partial charge in [-0.15, -0.1) is 0 Å². The molecule has 0 aliphatic heterocycles. The van der Waals surface area contributed by atoms with Crippen LogP contribution in [0.4, 0.5) is 11.4 Å². The van der Waals surface area contributed by atoms with Crippen molar-refractivity contribution >= 4 is 17.3 Å². The lowest BCUT2D eigenvalue weighted by Crippen LogP contribution is -2.05. The summed E-state index contributed by atoms with van der Waals surface area (Å²) in [5.74, 6) is -0.972. The van der Waals surface area contributed by atoms with Crippen molar-refractivity contribution in [3.63, 3.8) is 0 Å². The molecule has 2 aromatic rings. The van der Waals surface area contributed by atoms with E-state index in [1.807, 2.05) is 19.1 Å². The Bertz CT molecular complexity index is 594. The van der Waals surface area contributed by atoms with E-state index in [1.54, 1.807) is 12.3 Å². The Kier molecular flexibility index (Phi) is 3.66. The third-order valence-electron chi connectivity index (χ3n) is 2.76. The molecule has 0 atom stereocenters. The zero-order chi connectivity index (χ0) is 13.8. The summed E-state index contributed by atoms with van der Waals surface area (Å²) >= 11 is 0. The monoisotopic (exact) mass is 257 g/mol. The second-order valence-corrected chi connectivity index (χ2v) is 4.27. The van der Waals surface area contributed by atoms with E-state index < -0.39 is 5.97 Å². The zero-order valence-electron chi connectivity index (χ0n) is 10.6. The van der Waals surface area contributed by atoms with Crippen LogP contribution < -0.4 is 11.1 Å². The number of aromatic carboxylic acids is 1. The molecule has 0 saturated carbocycles. The maximum Gasteiger partial charge on any atom is 0.335 e. The smallest absolute Gasteiger partial charge is 0.335 e. The second kappa shape index (κ2) is 5.39. The van der Waals surface area contributed by atoms with E-state index in [2.05, 4.69) is 10.3 Å². The first-order chi connectivity index (χ1) is 9.06. The number of carboxylic acids is 1. The zero-order valence-corrected chi connectivity index (χ0v) is 10.6. The van der Waals surface area contributed by atoms with Crippen LogP contribution in [0.3, 0.4) is 0 Å². The number of rotatable bonds is 4. The second-order valence-electron chi connectivity index (χ2n) is 4.27. The van der Waals surface area contributed by atoms with Crippen molar-refractivity contribution in [2.75, 3.05) is 11.1 Å². The van der Waals surface area contributed by atoms with E-state index in [-0.39, 0.29) is 5.56 Å². The van der Waals surface area contributed by atoms with Crippen LogP contribution in [0.1, 0.15) is 21.6 Å². The fourth-order valence-corrected chi connectivity index (χ4v) is 1.64. The van der Waals surface area contributed by atoms with Gasteiger partial charge in [0.2, 0.25) is 0 Å². The minimum atomic E-state index is -0.972. The molecule has 5 heteroatoms. The minimum absolute atomic E-state index is 0.207. The van der Waals surface area contributed by atoms with Gasteiger partial charge in [0.05, 0.1) is 16.9 Å². The molecule has 0 spiro atoms. The van der Waals surface area contributed by atoms with Gasteiger partial charge in [-0.25, -0.2) is 4.79 Å². The van der Waals surface area contributed by atoms with Crippen molar-refractivity contribution < 1.29 is 9.90 Å². The van der Waals surface area contributed by atoms with Gasteiger partial charge in [-0.3, -0.25) is 4.98 Å². The highest BCUT2D eigenvalue weighted by molar-refractivity contribution is 5.90. The minimum Gasteiger partial charge on any atom is -0.478 e. The highest BCUT2D eigenvalue weighted by Gasteiger charge is 2.06. The number of nitrogens with two attached hydrogens (primary N) is 1. The van der Waals surface area contributed by atoms with Crippen LogP contribution in [0.2, 0.25) is 0 Å². The number of hydrogen-bond acceptors (Lipinski definition) is 4. The maximum atomic E-state index is 10.9. The number of aryl methyl sites for hydroxylation is 1. The van der Waals surface area contributed by atoms with E-state index in [1.165, 1.54) is 12.1 Å². The molecular weight excluding hydrogens is 242 g/mol. The van der Waals surface area contributed by atoms with Gasteiger partial charge in [0.15, 0.2) is 0 Å². The average Bonchev–Trinajstić information content (AvgIpc) is 2.39.